The summed E-state index contributed by atoms with van der Waals surface area (Å²) in [5.41, 5.74) is 0.690. The number of rotatable bonds is 4. The number of likely N-dealkylation sites (tertiary alicyclic amines) is 1. The van der Waals surface area contributed by atoms with Crippen molar-refractivity contribution in [1.82, 2.24) is 4.90 Å². The first-order valence-corrected chi connectivity index (χ1v) is 11.9. The van der Waals surface area contributed by atoms with E-state index < -0.39 is 28.6 Å². The van der Waals surface area contributed by atoms with E-state index in [1.807, 2.05) is 18.2 Å². The van der Waals surface area contributed by atoms with Crippen LogP contribution in [0.2, 0.25) is 5.02 Å². The van der Waals surface area contributed by atoms with Crippen LogP contribution in [-0.2, 0) is 19.1 Å². The lowest BCUT2D eigenvalue weighted by Crippen LogP contribution is -2.53. The predicted octanol–water partition coefficient (Wildman–Crippen LogP) is 2.04. The molecule has 1 unspecified atom stereocenters. The SMILES string of the molecule is O=C1OCC=C[C@@H]2S[C@]34C=CCN(c5ccc(Cl)cc5)C(=O)C3N(CCCO)C(=O)[C@@H]4[C@H]12. The summed E-state index contributed by atoms with van der Waals surface area (Å²) in [5.74, 6) is -2.17. The van der Waals surface area contributed by atoms with E-state index in [4.69, 9.17) is 16.3 Å². The molecule has 0 aromatic heterocycles. The van der Waals surface area contributed by atoms with Gasteiger partial charge in [-0.15, -0.1) is 11.8 Å². The number of carbonyl (C=O) groups is 3. The van der Waals surface area contributed by atoms with Gasteiger partial charge in [0.05, 0.1) is 16.6 Å². The van der Waals surface area contributed by atoms with Crippen LogP contribution in [0.1, 0.15) is 6.42 Å². The van der Waals surface area contributed by atoms with Gasteiger partial charge in [0.15, 0.2) is 0 Å². The Labute approximate surface area is 195 Å². The molecule has 0 aliphatic carbocycles. The van der Waals surface area contributed by atoms with E-state index in [1.54, 1.807) is 40.1 Å². The van der Waals surface area contributed by atoms with Crippen molar-refractivity contribution in [3.63, 3.8) is 0 Å². The minimum atomic E-state index is -0.874. The lowest BCUT2D eigenvalue weighted by molar-refractivity contribution is -0.151. The molecule has 32 heavy (non-hydrogen) atoms. The van der Waals surface area contributed by atoms with E-state index in [2.05, 4.69) is 0 Å². The fourth-order valence-corrected chi connectivity index (χ4v) is 7.43. The van der Waals surface area contributed by atoms with Crippen molar-refractivity contribution in [2.45, 2.75) is 22.5 Å². The molecule has 7 nitrogen and oxygen atoms in total. The lowest BCUT2D eigenvalue weighted by Gasteiger charge is -2.35. The average Bonchev–Trinajstić information content (AvgIpc) is 3.07. The second-order valence-electron chi connectivity index (χ2n) is 8.34. The maximum atomic E-state index is 14.0. The van der Waals surface area contributed by atoms with Crippen LogP contribution < -0.4 is 4.90 Å². The van der Waals surface area contributed by atoms with Crippen molar-refractivity contribution < 1.29 is 24.2 Å². The van der Waals surface area contributed by atoms with E-state index in [-0.39, 0.29) is 36.8 Å². The first-order valence-electron chi connectivity index (χ1n) is 10.6. The van der Waals surface area contributed by atoms with Crippen molar-refractivity contribution in [3.8, 4) is 0 Å². The molecule has 2 saturated heterocycles. The number of ether oxygens (including phenoxy) is 1. The van der Waals surface area contributed by atoms with Gasteiger partial charge < -0.3 is 19.6 Å². The summed E-state index contributed by atoms with van der Waals surface area (Å²) in [6, 6.07) is 6.24. The molecule has 2 fully saturated rings. The minimum absolute atomic E-state index is 0.0942. The molecule has 1 aromatic carbocycles. The fraction of sp³-hybridized carbons (Fsp3) is 0.435. The van der Waals surface area contributed by atoms with Gasteiger partial charge in [0.2, 0.25) is 5.91 Å². The van der Waals surface area contributed by atoms with Crippen LogP contribution >= 0.6 is 23.4 Å². The van der Waals surface area contributed by atoms with Gasteiger partial charge in [-0.25, -0.2) is 0 Å². The predicted molar refractivity (Wildman–Crippen MR) is 121 cm³/mol. The average molecular weight is 475 g/mol. The Morgan fingerprint density at radius 3 is 2.69 bits per heavy atom. The minimum Gasteiger partial charge on any atom is -0.461 e. The zero-order valence-corrected chi connectivity index (χ0v) is 18.8. The maximum absolute atomic E-state index is 14.0. The highest BCUT2D eigenvalue weighted by molar-refractivity contribution is 8.02. The molecule has 5 atom stereocenters. The summed E-state index contributed by atoms with van der Waals surface area (Å²) >= 11 is 7.53. The molecule has 1 N–H and O–H groups in total. The van der Waals surface area contributed by atoms with Crippen molar-refractivity contribution >= 4 is 46.8 Å². The molecule has 4 heterocycles. The van der Waals surface area contributed by atoms with Crippen LogP contribution in [0.15, 0.2) is 48.6 Å². The van der Waals surface area contributed by atoms with Crippen LogP contribution in [-0.4, -0.2) is 70.1 Å². The monoisotopic (exact) mass is 474 g/mol. The smallest absolute Gasteiger partial charge is 0.311 e. The molecule has 168 valence electrons. The quantitative estimate of drug-likeness (QED) is 0.531. The number of aliphatic hydroxyl groups excluding tert-OH is 1. The van der Waals surface area contributed by atoms with E-state index in [0.29, 0.717) is 23.7 Å². The number of anilines is 1. The second kappa shape index (κ2) is 8.24. The van der Waals surface area contributed by atoms with Crippen LogP contribution in [0.3, 0.4) is 0 Å². The van der Waals surface area contributed by atoms with Crippen LogP contribution in [0, 0.1) is 11.8 Å². The number of cyclic esters (lactones) is 1. The highest BCUT2D eigenvalue weighted by Gasteiger charge is 2.71. The number of aliphatic hydroxyl groups is 1. The van der Waals surface area contributed by atoms with Crippen molar-refractivity contribution in [1.29, 1.82) is 0 Å². The zero-order chi connectivity index (χ0) is 22.5. The Balaban J connectivity index is 1.60. The Kier molecular flexibility index (Phi) is 5.55. The molecule has 0 radical (unpaired) electrons. The summed E-state index contributed by atoms with van der Waals surface area (Å²) in [6.07, 6.45) is 7.95. The normalized spacial score (nSPS) is 33.5. The molecular formula is C23H23ClN2O5S. The van der Waals surface area contributed by atoms with Crippen molar-refractivity contribution in [3.05, 3.63) is 53.6 Å². The number of halogens is 1. The standard InChI is InChI=1S/C23H23ClN2O5S/c24-14-5-7-15(8-6-14)25-10-2-9-23-18(17-16(32-23)4-1-13-31-22(17)30)20(28)26(11-3-12-27)19(23)21(25)29/h1-2,4-9,16-19,27H,3,10-13H2/t16-,17+,18-,19?,23-/m0/s1. The largest absolute Gasteiger partial charge is 0.461 e. The van der Waals surface area contributed by atoms with E-state index >= 15 is 0 Å². The highest BCUT2D eigenvalue weighted by Crippen LogP contribution is 2.61. The number of hydrogen-bond donors (Lipinski definition) is 1. The van der Waals surface area contributed by atoms with E-state index in [1.165, 1.54) is 11.8 Å². The van der Waals surface area contributed by atoms with Gasteiger partial charge in [0.1, 0.15) is 12.6 Å². The highest BCUT2D eigenvalue weighted by atomic mass is 35.5. The third-order valence-corrected chi connectivity index (χ3v) is 8.60. The zero-order valence-electron chi connectivity index (χ0n) is 17.2. The molecule has 1 aromatic rings. The van der Waals surface area contributed by atoms with Gasteiger partial charge >= 0.3 is 5.97 Å². The molecule has 9 heteroatoms. The summed E-state index contributed by atoms with van der Waals surface area (Å²) in [7, 11) is 0. The number of amides is 2. The molecular weight excluding hydrogens is 452 g/mol. The van der Waals surface area contributed by atoms with Gasteiger partial charge in [0, 0.05) is 35.7 Å². The Morgan fingerprint density at radius 1 is 1.16 bits per heavy atom. The van der Waals surface area contributed by atoms with Gasteiger partial charge in [-0.05, 0) is 30.7 Å². The number of fused-ring (bicyclic) bond motifs is 2. The fourth-order valence-electron chi connectivity index (χ4n) is 5.30. The summed E-state index contributed by atoms with van der Waals surface area (Å²) in [4.78, 5) is 43.7. The molecule has 4 aliphatic heterocycles. The van der Waals surface area contributed by atoms with Crippen LogP contribution in [0.25, 0.3) is 0 Å². The van der Waals surface area contributed by atoms with E-state index in [0.717, 1.165) is 0 Å². The van der Waals surface area contributed by atoms with Gasteiger partial charge in [-0.3, -0.25) is 14.4 Å². The summed E-state index contributed by atoms with van der Waals surface area (Å²) in [6.45, 7) is 0.693. The molecule has 2 amide bonds. The number of benzene rings is 1. The number of carbonyl (C=O) groups excluding carboxylic acids is 3. The topological polar surface area (TPSA) is 87.2 Å². The molecule has 1 spiro atoms. The van der Waals surface area contributed by atoms with Crippen LogP contribution in [0.5, 0.6) is 0 Å². The number of nitrogens with zero attached hydrogens (tertiary/aromatic N) is 2. The molecule has 0 bridgehead atoms. The summed E-state index contributed by atoms with van der Waals surface area (Å²) < 4.78 is 4.47. The van der Waals surface area contributed by atoms with Gasteiger partial charge in [-0.2, -0.15) is 0 Å². The Bertz CT molecular complexity index is 1010. The second-order valence-corrected chi connectivity index (χ2v) is 10.3. The van der Waals surface area contributed by atoms with Crippen molar-refractivity contribution in [2.24, 2.45) is 11.8 Å². The molecule has 0 saturated carbocycles. The maximum Gasteiger partial charge on any atom is 0.311 e. The number of hydrogen-bond acceptors (Lipinski definition) is 6. The number of esters is 1. The molecule has 4 aliphatic rings. The Morgan fingerprint density at radius 2 is 1.94 bits per heavy atom. The van der Waals surface area contributed by atoms with Crippen LogP contribution in [0.4, 0.5) is 5.69 Å². The lowest BCUT2D eigenvalue weighted by atomic mass is 9.78. The third kappa shape index (κ3) is 3.19. The Hall–Kier alpha value is -2.29. The van der Waals surface area contributed by atoms with E-state index in [9.17, 15) is 19.5 Å². The number of thioether (sulfide) groups is 1. The first-order chi connectivity index (χ1) is 15.5. The van der Waals surface area contributed by atoms with Gasteiger partial charge in [-0.1, -0.05) is 35.9 Å². The summed E-state index contributed by atoms with van der Waals surface area (Å²) in [5, 5.41) is 9.74. The van der Waals surface area contributed by atoms with Gasteiger partial charge in [0.25, 0.3) is 5.91 Å². The third-order valence-electron chi connectivity index (χ3n) is 6.61. The van der Waals surface area contributed by atoms with Crippen molar-refractivity contribution in [2.75, 3.05) is 31.2 Å². The first kappa shape index (κ1) is 21.6. The molecule has 5 rings (SSSR count).